The van der Waals surface area contributed by atoms with Crippen molar-refractivity contribution in [3.8, 4) is 5.69 Å². The lowest BCUT2D eigenvalue weighted by molar-refractivity contribution is -0.119. The van der Waals surface area contributed by atoms with Crippen molar-refractivity contribution in [2.24, 2.45) is 0 Å². The molecule has 0 unspecified atom stereocenters. The van der Waals surface area contributed by atoms with E-state index in [0.717, 1.165) is 18.5 Å². The van der Waals surface area contributed by atoms with Crippen LogP contribution in [0.5, 0.6) is 0 Å². The zero-order valence-electron chi connectivity index (χ0n) is 13.6. The molecule has 1 aliphatic rings. The molecule has 2 aromatic rings. The molecule has 1 aliphatic carbocycles. The number of anilines is 1. The molecule has 8 heteroatoms. The second-order valence-corrected chi connectivity index (χ2v) is 5.71. The van der Waals surface area contributed by atoms with Crippen molar-refractivity contribution < 1.29 is 14.3 Å². The SMILES string of the molecule is COCC(=O)Nc1ccc(-n2nnc(C(=O)NC3CC3)c2C)cc1. The molecule has 0 atom stereocenters. The Morgan fingerprint density at radius 2 is 2.00 bits per heavy atom. The molecule has 0 saturated heterocycles. The van der Waals surface area contributed by atoms with Gasteiger partial charge in [-0.05, 0) is 44.0 Å². The van der Waals surface area contributed by atoms with Gasteiger partial charge in [0.1, 0.15) is 6.61 Å². The summed E-state index contributed by atoms with van der Waals surface area (Å²) in [7, 11) is 1.47. The summed E-state index contributed by atoms with van der Waals surface area (Å²) in [5.41, 5.74) is 2.42. The number of benzene rings is 1. The zero-order valence-corrected chi connectivity index (χ0v) is 13.6. The Balaban J connectivity index is 1.73. The van der Waals surface area contributed by atoms with Gasteiger partial charge in [-0.1, -0.05) is 5.21 Å². The molecule has 1 fully saturated rings. The maximum absolute atomic E-state index is 12.1. The lowest BCUT2D eigenvalue weighted by atomic mass is 10.2. The molecular weight excluding hydrogens is 310 g/mol. The van der Waals surface area contributed by atoms with E-state index < -0.39 is 0 Å². The maximum atomic E-state index is 12.1. The summed E-state index contributed by atoms with van der Waals surface area (Å²) in [4.78, 5) is 23.6. The van der Waals surface area contributed by atoms with Crippen LogP contribution in [0.1, 0.15) is 29.0 Å². The van der Waals surface area contributed by atoms with Crippen LogP contribution in [0.2, 0.25) is 0 Å². The minimum absolute atomic E-state index is 0.00337. The number of methoxy groups -OCH3 is 1. The number of carbonyl (C=O) groups is 2. The highest BCUT2D eigenvalue weighted by Gasteiger charge is 2.26. The number of amides is 2. The largest absolute Gasteiger partial charge is 0.375 e. The summed E-state index contributed by atoms with van der Waals surface area (Å²) >= 11 is 0. The van der Waals surface area contributed by atoms with Gasteiger partial charge in [0.05, 0.1) is 11.4 Å². The van der Waals surface area contributed by atoms with Gasteiger partial charge in [0, 0.05) is 18.8 Å². The van der Waals surface area contributed by atoms with E-state index >= 15 is 0 Å². The number of rotatable bonds is 6. The predicted octanol–water partition coefficient (Wildman–Crippen LogP) is 1.05. The summed E-state index contributed by atoms with van der Waals surface area (Å²) in [6.07, 6.45) is 2.05. The van der Waals surface area contributed by atoms with Crippen LogP contribution in [-0.4, -0.2) is 46.6 Å². The molecular formula is C16H19N5O3. The van der Waals surface area contributed by atoms with E-state index in [0.29, 0.717) is 17.1 Å². The Labute approximate surface area is 139 Å². The van der Waals surface area contributed by atoms with Crippen molar-refractivity contribution in [3.63, 3.8) is 0 Å². The summed E-state index contributed by atoms with van der Waals surface area (Å²) in [6, 6.07) is 7.39. The number of nitrogens with one attached hydrogen (secondary N) is 2. The highest BCUT2D eigenvalue weighted by atomic mass is 16.5. The Hall–Kier alpha value is -2.74. The van der Waals surface area contributed by atoms with Crippen LogP contribution >= 0.6 is 0 Å². The number of ether oxygens (including phenoxy) is 1. The second-order valence-electron chi connectivity index (χ2n) is 5.71. The van der Waals surface area contributed by atoms with Crippen LogP contribution in [0.3, 0.4) is 0 Å². The molecule has 0 bridgehead atoms. The Morgan fingerprint density at radius 3 is 2.62 bits per heavy atom. The number of aromatic nitrogens is 3. The molecule has 0 spiro atoms. The van der Waals surface area contributed by atoms with Gasteiger partial charge in [0.15, 0.2) is 5.69 Å². The fourth-order valence-electron chi connectivity index (χ4n) is 2.28. The first-order chi connectivity index (χ1) is 11.6. The van der Waals surface area contributed by atoms with Gasteiger partial charge in [-0.3, -0.25) is 9.59 Å². The van der Waals surface area contributed by atoms with E-state index in [1.54, 1.807) is 35.9 Å². The van der Waals surface area contributed by atoms with Crippen molar-refractivity contribution in [2.45, 2.75) is 25.8 Å². The standard InChI is InChI=1S/C16H19N5O3/c1-10-15(16(23)18-12-3-4-12)19-20-21(10)13-7-5-11(6-8-13)17-14(22)9-24-2/h5-8,12H,3-4,9H2,1-2H3,(H,17,22)(H,18,23). The van der Waals surface area contributed by atoms with Gasteiger partial charge in [0.25, 0.3) is 5.91 Å². The third-order valence-electron chi connectivity index (χ3n) is 3.69. The fourth-order valence-corrected chi connectivity index (χ4v) is 2.28. The van der Waals surface area contributed by atoms with E-state index in [2.05, 4.69) is 20.9 Å². The van der Waals surface area contributed by atoms with E-state index in [4.69, 9.17) is 4.74 Å². The number of carbonyl (C=O) groups excluding carboxylic acids is 2. The van der Waals surface area contributed by atoms with Crippen molar-refractivity contribution in [2.75, 3.05) is 19.0 Å². The highest BCUT2D eigenvalue weighted by Crippen LogP contribution is 2.20. The maximum Gasteiger partial charge on any atom is 0.273 e. The Kier molecular flexibility index (Phi) is 4.57. The zero-order chi connectivity index (χ0) is 17.1. The van der Waals surface area contributed by atoms with E-state index in [9.17, 15) is 9.59 Å². The Morgan fingerprint density at radius 1 is 1.29 bits per heavy atom. The summed E-state index contributed by atoms with van der Waals surface area (Å²) in [5.74, 6) is -0.411. The average molecular weight is 329 g/mol. The fraction of sp³-hybridized carbons (Fsp3) is 0.375. The van der Waals surface area contributed by atoms with Crippen molar-refractivity contribution in [1.29, 1.82) is 0 Å². The molecule has 1 aromatic carbocycles. The molecule has 3 rings (SSSR count). The van der Waals surface area contributed by atoms with Gasteiger partial charge >= 0.3 is 0 Å². The molecule has 2 N–H and O–H groups in total. The van der Waals surface area contributed by atoms with Crippen LogP contribution in [0.4, 0.5) is 5.69 Å². The van der Waals surface area contributed by atoms with Crippen molar-refractivity contribution in [1.82, 2.24) is 20.3 Å². The lowest BCUT2D eigenvalue weighted by Crippen LogP contribution is -2.26. The summed E-state index contributed by atoms with van der Waals surface area (Å²) in [5, 5.41) is 13.7. The molecule has 24 heavy (non-hydrogen) atoms. The van der Waals surface area contributed by atoms with Crippen LogP contribution < -0.4 is 10.6 Å². The highest BCUT2D eigenvalue weighted by molar-refractivity contribution is 5.93. The smallest absolute Gasteiger partial charge is 0.273 e. The van der Waals surface area contributed by atoms with Crippen LogP contribution in [0.15, 0.2) is 24.3 Å². The normalized spacial score (nSPS) is 13.6. The Bertz CT molecular complexity index is 750. The molecule has 0 radical (unpaired) electrons. The third-order valence-corrected chi connectivity index (χ3v) is 3.69. The first-order valence-electron chi connectivity index (χ1n) is 7.71. The summed E-state index contributed by atoms with van der Waals surface area (Å²) in [6.45, 7) is 1.81. The first kappa shape index (κ1) is 16.1. The van der Waals surface area contributed by atoms with Gasteiger partial charge in [-0.25, -0.2) is 4.68 Å². The van der Waals surface area contributed by atoms with E-state index in [1.165, 1.54) is 7.11 Å². The minimum atomic E-state index is -0.221. The number of hydrogen-bond acceptors (Lipinski definition) is 5. The van der Waals surface area contributed by atoms with Gasteiger partial charge in [0.2, 0.25) is 5.91 Å². The number of nitrogens with zero attached hydrogens (tertiary/aromatic N) is 3. The first-order valence-corrected chi connectivity index (χ1v) is 7.71. The molecule has 0 aliphatic heterocycles. The quantitative estimate of drug-likeness (QED) is 0.825. The van der Waals surface area contributed by atoms with Crippen molar-refractivity contribution >= 4 is 17.5 Å². The van der Waals surface area contributed by atoms with Gasteiger partial charge < -0.3 is 15.4 Å². The minimum Gasteiger partial charge on any atom is -0.375 e. The molecule has 1 heterocycles. The van der Waals surface area contributed by atoms with E-state index in [1.807, 2.05) is 0 Å². The molecule has 8 nitrogen and oxygen atoms in total. The van der Waals surface area contributed by atoms with E-state index in [-0.39, 0.29) is 24.5 Å². The average Bonchev–Trinajstić information content (AvgIpc) is 3.28. The van der Waals surface area contributed by atoms with Gasteiger partial charge in [-0.15, -0.1) is 5.10 Å². The lowest BCUT2D eigenvalue weighted by Gasteiger charge is -2.07. The molecule has 2 amide bonds. The molecule has 1 aromatic heterocycles. The predicted molar refractivity (Wildman–Crippen MR) is 87.1 cm³/mol. The summed E-state index contributed by atoms with van der Waals surface area (Å²) < 4.78 is 6.37. The second kappa shape index (κ2) is 6.79. The van der Waals surface area contributed by atoms with Crippen molar-refractivity contribution in [3.05, 3.63) is 35.7 Å². The van der Waals surface area contributed by atoms with Crippen LogP contribution in [0.25, 0.3) is 5.69 Å². The monoisotopic (exact) mass is 329 g/mol. The molecule has 126 valence electrons. The topological polar surface area (TPSA) is 98.1 Å². The van der Waals surface area contributed by atoms with Crippen LogP contribution in [-0.2, 0) is 9.53 Å². The molecule has 1 saturated carbocycles. The number of hydrogen-bond donors (Lipinski definition) is 2. The van der Waals surface area contributed by atoms with Gasteiger partial charge in [-0.2, -0.15) is 0 Å². The third kappa shape index (κ3) is 3.60. The van der Waals surface area contributed by atoms with Crippen LogP contribution in [0, 0.1) is 6.92 Å².